The fourth-order valence-corrected chi connectivity index (χ4v) is 7.36. The van der Waals surface area contributed by atoms with Gasteiger partial charge in [-0.15, -0.1) is 0 Å². The summed E-state index contributed by atoms with van der Waals surface area (Å²) < 4.78 is 2.38. The van der Waals surface area contributed by atoms with Gasteiger partial charge in [-0.05, 0) is 115 Å². The van der Waals surface area contributed by atoms with E-state index >= 15 is 0 Å². The third-order valence-corrected chi connectivity index (χ3v) is 9.21. The molecule has 0 unspecified atom stereocenters. The number of aliphatic hydroxyl groups is 1. The largest absolute Gasteiger partial charge is 0.504 e. The van der Waals surface area contributed by atoms with E-state index in [0.29, 0.717) is 5.76 Å². The molecule has 0 amide bonds. The van der Waals surface area contributed by atoms with Crippen LogP contribution < -0.4 is 21.4 Å². The number of aliphatic hydroxyl groups excluding tert-OH is 1. The average molecular weight is 553 g/mol. The summed E-state index contributed by atoms with van der Waals surface area (Å²) in [6.45, 7) is 18.6. The first-order valence-corrected chi connectivity index (χ1v) is 15.9. The van der Waals surface area contributed by atoms with Gasteiger partial charge in [0.25, 0.3) is 0 Å². The number of aromatic nitrogens is 4. The molecule has 0 radical (unpaired) electrons. The Morgan fingerprint density at radius 3 is 1.56 bits per heavy atom. The van der Waals surface area contributed by atoms with Gasteiger partial charge in [0.2, 0.25) is 0 Å². The van der Waals surface area contributed by atoms with Gasteiger partial charge in [0.1, 0.15) is 0 Å². The topological polar surface area (TPSA) is 72.5 Å². The van der Waals surface area contributed by atoms with E-state index in [4.69, 9.17) is 0 Å². The van der Waals surface area contributed by atoms with Gasteiger partial charge in [0.15, 0.2) is 5.76 Å². The predicted molar refractivity (Wildman–Crippen MR) is 172 cm³/mol. The van der Waals surface area contributed by atoms with Gasteiger partial charge in [0, 0.05) is 34.3 Å². The lowest BCUT2D eigenvalue weighted by molar-refractivity contribution is 0.494. The third-order valence-electron chi connectivity index (χ3n) is 9.21. The number of rotatable bonds is 8. The van der Waals surface area contributed by atoms with E-state index in [2.05, 4.69) is 99.2 Å². The first-order chi connectivity index (χ1) is 19.9. The van der Waals surface area contributed by atoms with Crippen LogP contribution in [0.25, 0.3) is 22.5 Å². The van der Waals surface area contributed by atoms with Crippen LogP contribution in [0.4, 0.5) is 0 Å². The minimum atomic E-state index is 0.376. The lowest BCUT2D eigenvalue weighted by Gasteiger charge is -2.10. The van der Waals surface area contributed by atoms with Gasteiger partial charge in [0.05, 0.1) is 16.4 Å². The number of nitrogens with zero attached hydrogens (tertiary/aromatic N) is 1. The zero-order valence-electron chi connectivity index (χ0n) is 26.4. The number of hydrogen-bond donors (Lipinski definition) is 4. The maximum absolute atomic E-state index is 12.3. The molecule has 0 atom stereocenters. The van der Waals surface area contributed by atoms with Crippen LogP contribution in [-0.4, -0.2) is 24.6 Å². The molecular weight excluding hydrogens is 504 g/mol. The smallest absolute Gasteiger partial charge is 0.163 e. The molecule has 1 aliphatic rings. The summed E-state index contributed by atoms with van der Waals surface area (Å²) in [4.78, 5) is 11.4. The van der Waals surface area contributed by atoms with Gasteiger partial charge in [-0.1, -0.05) is 48.5 Å². The summed E-state index contributed by atoms with van der Waals surface area (Å²) in [5.74, 6) is 0.376. The van der Waals surface area contributed by atoms with E-state index in [-0.39, 0.29) is 0 Å². The van der Waals surface area contributed by atoms with E-state index in [9.17, 15) is 5.11 Å². The number of H-pyrrole nitrogens is 3. The molecule has 0 saturated heterocycles. The maximum atomic E-state index is 12.3. The minimum absolute atomic E-state index is 0.376. The third kappa shape index (κ3) is 4.45. The highest BCUT2D eigenvalue weighted by Crippen LogP contribution is 2.30. The zero-order valence-corrected chi connectivity index (χ0v) is 26.4. The standard InChI is InChI=1S/C36H48N4O/c1-9-21-22(10-2)33-36(41)35-24(12-4)23(11-3)34(40(35)16-8)27(15-7)31-20-18-29(38-31)25(13-5)28-17-19-30(37-28)26(14-6)32(21)39-33/h17-20,37-39,41H,9-16H2,1-8H3. The van der Waals surface area contributed by atoms with Gasteiger partial charge in [-0.2, -0.15) is 0 Å². The Labute approximate surface area is 244 Å². The van der Waals surface area contributed by atoms with Crippen LogP contribution in [0.3, 0.4) is 0 Å². The second kappa shape index (κ2) is 11.7. The SMILES string of the molecule is CCC1=c2ccc([nH]2)=C(CC)c2[nH]c(c(CC)c2CC)C(O)=c2c(CC)c(CC)c(n2CC)=C(CC)c2ccc1[nH]2. The van der Waals surface area contributed by atoms with Crippen LogP contribution in [0.2, 0.25) is 0 Å². The Balaban J connectivity index is 2.12. The Morgan fingerprint density at radius 2 is 1.02 bits per heavy atom. The molecule has 4 aromatic rings. The van der Waals surface area contributed by atoms with Gasteiger partial charge in [-0.25, -0.2) is 0 Å². The molecule has 0 aliphatic carbocycles. The molecule has 218 valence electrons. The fraction of sp³-hybridized carbons (Fsp3) is 0.444. The van der Waals surface area contributed by atoms with Crippen LogP contribution in [0.5, 0.6) is 0 Å². The van der Waals surface area contributed by atoms with E-state index in [1.54, 1.807) is 0 Å². The Bertz CT molecular complexity index is 1830. The number of fused-ring (bicyclic) bond motifs is 8. The molecule has 5 heteroatoms. The van der Waals surface area contributed by atoms with E-state index in [1.165, 1.54) is 44.3 Å². The summed E-state index contributed by atoms with van der Waals surface area (Å²) in [6, 6.07) is 8.93. The molecule has 4 N–H and O–H groups in total. The molecular formula is C36H48N4O. The second-order valence-corrected chi connectivity index (χ2v) is 11.1. The summed E-state index contributed by atoms with van der Waals surface area (Å²) in [5, 5.41) is 16.8. The Kier molecular flexibility index (Phi) is 8.26. The summed E-state index contributed by atoms with van der Waals surface area (Å²) in [6.07, 6.45) is 6.27. The van der Waals surface area contributed by atoms with Crippen molar-refractivity contribution in [3.05, 3.63) is 90.7 Å². The summed E-state index contributed by atoms with van der Waals surface area (Å²) in [7, 11) is 0. The van der Waals surface area contributed by atoms with E-state index in [0.717, 1.165) is 90.3 Å². The molecule has 41 heavy (non-hydrogen) atoms. The summed E-state index contributed by atoms with van der Waals surface area (Å²) >= 11 is 0. The molecule has 0 spiro atoms. The number of aromatic amines is 3. The highest BCUT2D eigenvalue weighted by molar-refractivity contribution is 5.73. The lowest BCUT2D eigenvalue weighted by Crippen LogP contribution is -2.31. The highest BCUT2D eigenvalue weighted by Gasteiger charge is 2.24. The van der Waals surface area contributed by atoms with Crippen LogP contribution in [0.15, 0.2) is 24.3 Å². The van der Waals surface area contributed by atoms with Crippen molar-refractivity contribution in [2.45, 2.75) is 107 Å². The van der Waals surface area contributed by atoms with Gasteiger partial charge < -0.3 is 24.6 Å². The monoisotopic (exact) mass is 552 g/mol. The lowest BCUT2D eigenvalue weighted by atomic mass is 9.98. The first-order valence-electron chi connectivity index (χ1n) is 15.9. The minimum Gasteiger partial charge on any atom is -0.504 e. The van der Waals surface area contributed by atoms with Crippen molar-refractivity contribution < 1.29 is 5.11 Å². The molecule has 0 saturated carbocycles. The van der Waals surface area contributed by atoms with Crippen molar-refractivity contribution in [1.29, 1.82) is 0 Å². The molecule has 5 heterocycles. The zero-order chi connectivity index (χ0) is 29.4. The number of nitrogens with one attached hydrogen (secondary N) is 3. The average Bonchev–Trinajstić information content (AvgIpc) is 3.78. The van der Waals surface area contributed by atoms with Gasteiger partial charge >= 0.3 is 0 Å². The molecule has 5 rings (SSSR count). The predicted octanol–water partition coefficient (Wildman–Crippen LogP) is 5.60. The van der Waals surface area contributed by atoms with Crippen LogP contribution in [0.1, 0.15) is 120 Å². The van der Waals surface area contributed by atoms with Crippen molar-refractivity contribution in [3.8, 4) is 0 Å². The number of hydrogen-bond acceptors (Lipinski definition) is 1. The van der Waals surface area contributed by atoms with Crippen molar-refractivity contribution in [2.75, 3.05) is 0 Å². The maximum Gasteiger partial charge on any atom is 0.163 e. The Morgan fingerprint density at radius 1 is 0.512 bits per heavy atom. The van der Waals surface area contributed by atoms with Crippen molar-refractivity contribution in [3.63, 3.8) is 0 Å². The van der Waals surface area contributed by atoms with Crippen molar-refractivity contribution in [2.24, 2.45) is 0 Å². The Hall–Kier alpha value is -3.60. The fourth-order valence-electron chi connectivity index (χ4n) is 7.36. The second-order valence-electron chi connectivity index (χ2n) is 11.1. The molecule has 5 nitrogen and oxygen atoms in total. The van der Waals surface area contributed by atoms with Crippen molar-refractivity contribution in [1.82, 2.24) is 19.5 Å². The first kappa shape index (κ1) is 28.9. The van der Waals surface area contributed by atoms with Crippen molar-refractivity contribution >= 4 is 22.5 Å². The van der Waals surface area contributed by atoms with Crippen LogP contribution >= 0.6 is 0 Å². The molecule has 8 bridgehead atoms. The van der Waals surface area contributed by atoms with Gasteiger partial charge in [-0.3, -0.25) is 0 Å². The molecule has 1 aliphatic heterocycles. The quantitative estimate of drug-likeness (QED) is 0.226. The van der Waals surface area contributed by atoms with E-state index in [1.807, 2.05) is 0 Å². The molecule has 4 aromatic heterocycles. The van der Waals surface area contributed by atoms with Crippen LogP contribution in [-0.2, 0) is 32.2 Å². The molecule has 0 fully saturated rings. The van der Waals surface area contributed by atoms with E-state index < -0.39 is 0 Å². The normalized spacial score (nSPS) is 13.6. The van der Waals surface area contributed by atoms with Crippen LogP contribution in [0, 0.1) is 0 Å². The summed E-state index contributed by atoms with van der Waals surface area (Å²) in [5.41, 5.74) is 13.3. The highest BCUT2D eigenvalue weighted by atomic mass is 16.3. The molecule has 0 aromatic carbocycles.